The molecule has 4 heteroatoms. The van der Waals surface area contributed by atoms with Crippen LogP contribution in [0.15, 0.2) is 24.3 Å². The predicted octanol–water partition coefficient (Wildman–Crippen LogP) is 1.91. The van der Waals surface area contributed by atoms with Crippen molar-refractivity contribution < 1.29 is 9.90 Å². The van der Waals surface area contributed by atoms with Crippen molar-refractivity contribution in [2.45, 2.75) is 25.8 Å². The fraction of sp³-hybridized carbons (Fsp3) is 0.533. The van der Waals surface area contributed by atoms with Gasteiger partial charge in [-0.05, 0) is 38.9 Å². The number of rotatable bonds is 3. The number of carbonyl (C=O) groups excluding carboxylic acids is 1. The van der Waals surface area contributed by atoms with E-state index >= 15 is 0 Å². The first-order chi connectivity index (χ1) is 9.13. The standard InChI is InChI=1S/C15H22N2O2/c1-11(13-5-3-4-6-14(13)18)17-9-7-12(8-10-17)15(19)16-2/h3-6,11-12,18H,7-10H2,1-2H3,(H,16,19). The predicted molar refractivity (Wildman–Crippen MR) is 74.9 cm³/mol. The fourth-order valence-electron chi connectivity index (χ4n) is 2.79. The van der Waals surface area contributed by atoms with Crippen molar-refractivity contribution in [2.24, 2.45) is 5.92 Å². The summed E-state index contributed by atoms with van der Waals surface area (Å²) < 4.78 is 0. The van der Waals surface area contributed by atoms with Crippen LogP contribution >= 0.6 is 0 Å². The van der Waals surface area contributed by atoms with Crippen LogP contribution in [0.4, 0.5) is 0 Å². The Bertz CT molecular complexity index is 440. The van der Waals surface area contributed by atoms with E-state index in [1.54, 1.807) is 13.1 Å². The van der Waals surface area contributed by atoms with Gasteiger partial charge >= 0.3 is 0 Å². The topological polar surface area (TPSA) is 52.6 Å². The number of amides is 1. The van der Waals surface area contributed by atoms with Crippen LogP contribution in [-0.2, 0) is 4.79 Å². The van der Waals surface area contributed by atoms with Gasteiger partial charge in [0.25, 0.3) is 0 Å². The highest BCUT2D eigenvalue weighted by Gasteiger charge is 2.27. The maximum Gasteiger partial charge on any atom is 0.222 e. The summed E-state index contributed by atoms with van der Waals surface area (Å²) in [6.45, 7) is 3.90. The number of benzene rings is 1. The Labute approximate surface area is 114 Å². The van der Waals surface area contributed by atoms with Crippen LogP contribution in [0, 0.1) is 5.92 Å². The zero-order chi connectivity index (χ0) is 13.8. The largest absolute Gasteiger partial charge is 0.508 e. The molecule has 0 saturated carbocycles. The average Bonchev–Trinajstić information content (AvgIpc) is 2.46. The number of likely N-dealkylation sites (tertiary alicyclic amines) is 1. The van der Waals surface area contributed by atoms with Crippen LogP contribution in [0.5, 0.6) is 5.75 Å². The number of phenolic OH excluding ortho intramolecular Hbond substituents is 1. The van der Waals surface area contributed by atoms with Gasteiger partial charge in [-0.15, -0.1) is 0 Å². The Morgan fingerprint density at radius 2 is 2.00 bits per heavy atom. The number of aromatic hydroxyl groups is 1. The minimum Gasteiger partial charge on any atom is -0.508 e. The van der Waals surface area contributed by atoms with Crippen LogP contribution in [0.1, 0.15) is 31.4 Å². The van der Waals surface area contributed by atoms with Crippen LogP contribution < -0.4 is 5.32 Å². The quantitative estimate of drug-likeness (QED) is 0.875. The van der Waals surface area contributed by atoms with Crippen molar-refractivity contribution in [1.29, 1.82) is 0 Å². The summed E-state index contributed by atoms with van der Waals surface area (Å²) in [5.41, 5.74) is 0.959. The lowest BCUT2D eigenvalue weighted by molar-refractivity contribution is -0.126. The number of hydrogen-bond acceptors (Lipinski definition) is 3. The van der Waals surface area contributed by atoms with Crippen LogP contribution in [-0.4, -0.2) is 36.1 Å². The third kappa shape index (κ3) is 3.07. The van der Waals surface area contributed by atoms with Crippen molar-refractivity contribution in [3.63, 3.8) is 0 Å². The molecule has 2 N–H and O–H groups in total. The number of para-hydroxylation sites is 1. The second-order valence-electron chi connectivity index (χ2n) is 5.16. The molecule has 1 aliphatic rings. The number of carbonyl (C=O) groups is 1. The maximum absolute atomic E-state index is 11.6. The van der Waals surface area contributed by atoms with E-state index < -0.39 is 0 Å². The van der Waals surface area contributed by atoms with Gasteiger partial charge in [0.05, 0.1) is 0 Å². The van der Waals surface area contributed by atoms with Crippen LogP contribution in [0.2, 0.25) is 0 Å². The van der Waals surface area contributed by atoms with Crippen molar-refractivity contribution in [2.75, 3.05) is 20.1 Å². The summed E-state index contributed by atoms with van der Waals surface area (Å²) in [6.07, 6.45) is 1.77. The molecule has 0 aromatic heterocycles. The van der Waals surface area contributed by atoms with E-state index in [0.29, 0.717) is 5.75 Å². The molecule has 4 nitrogen and oxygen atoms in total. The van der Waals surface area contributed by atoms with Crippen molar-refractivity contribution >= 4 is 5.91 Å². The van der Waals surface area contributed by atoms with E-state index in [0.717, 1.165) is 31.5 Å². The van der Waals surface area contributed by atoms with Crippen molar-refractivity contribution in [3.05, 3.63) is 29.8 Å². The summed E-state index contributed by atoms with van der Waals surface area (Å²) in [7, 11) is 1.69. The first-order valence-electron chi connectivity index (χ1n) is 6.87. The van der Waals surface area contributed by atoms with Crippen LogP contribution in [0.3, 0.4) is 0 Å². The molecule has 0 bridgehead atoms. The number of nitrogens with zero attached hydrogens (tertiary/aromatic N) is 1. The molecule has 104 valence electrons. The summed E-state index contributed by atoms with van der Waals surface area (Å²) in [5.74, 6) is 0.635. The summed E-state index contributed by atoms with van der Waals surface area (Å²) >= 11 is 0. The smallest absolute Gasteiger partial charge is 0.222 e. The molecule has 1 amide bonds. The Balaban J connectivity index is 1.98. The van der Waals surface area contributed by atoms with Gasteiger partial charge in [0.1, 0.15) is 5.75 Å². The van der Waals surface area contributed by atoms with E-state index in [1.165, 1.54) is 0 Å². The third-order valence-electron chi connectivity index (χ3n) is 4.08. The molecule has 0 aliphatic carbocycles. The number of nitrogens with one attached hydrogen (secondary N) is 1. The zero-order valence-corrected chi connectivity index (χ0v) is 11.6. The first-order valence-corrected chi connectivity index (χ1v) is 6.87. The molecule has 1 aromatic carbocycles. The van der Waals surface area contributed by atoms with Gasteiger partial charge < -0.3 is 10.4 Å². The highest BCUT2D eigenvalue weighted by molar-refractivity contribution is 5.78. The summed E-state index contributed by atoms with van der Waals surface area (Å²) in [6, 6.07) is 7.66. The molecule has 1 unspecified atom stereocenters. The Morgan fingerprint density at radius 3 is 2.58 bits per heavy atom. The Kier molecular flexibility index (Phi) is 4.43. The van der Waals surface area contributed by atoms with Gasteiger partial charge in [0, 0.05) is 24.6 Å². The Morgan fingerprint density at radius 1 is 1.37 bits per heavy atom. The molecule has 1 aromatic rings. The lowest BCUT2D eigenvalue weighted by Gasteiger charge is -2.35. The molecular formula is C15H22N2O2. The Hall–Kier alpha value is -1.55. The van der Waals surface area contributed by atoms with E-state index in [-0.39, 0.29) is 17.9 Å². The molecule has 1 atom stereocenters. The minimum absolute atomic E-state index is 0.137. The highest BCUT2D eigenvalue weighted by atomic mass is 16.3. The first kappa shape index (κ1) is 13.9. The SMILES string of the molecule is CNC(=O)C1CCN(C(C)c2ccccc2O)CC1. The van der Waals surface area contributed by atoms with Gasteiger partial charge in [-0.2, -0.15) is 0 Å². The van der Waals surface area contributed by atoms with E-state index in [1.807, 2.05) is 18.2 Å². The van der Waals surface area contributed by atoms with Gasteiger partial charge in [-0.1, -0.05) is 18.2 Å². The fourth-order valence-corrected chi connectivity index (χ4v) is 2.79. The minimum atomic E-state index is 0.137. The molecular weight excluding hydrogens is 240 g/mol. The monoisotopic (exact) mass is 262 g/mol. The number of piperidine rings is 1. The molecule has 0 radical (unpaired) electrons. The summed E-state index contributed by atoms with van der Waals surface area (Å²) in [5, 5.41) is 12.6. The molecule has 1 aliphatic heterocycles. The molecule has 1 fully saturated rings. The van der Waals surface area contributed by atoms with E-state index in [4.69, 9.17) is 0 Å². The lowest BCUT2D eigenvalue weighted by atomic mass is 9.94. The van der Waals surface area contributed by atoms with Gasteiger partial charge in [0.15, 0.2) is 0 Å². The van der Waals surface area contributed by atoms with Gasteiger partial charge in [-0.25, -0.2) is 0 Å². The maximum atomic E-state index is 11.6. The van der Waals surface area contributed by atoms with E-state index in [9.17, 15) is 9.90 Å². The molecule has 2 rings (SSSR count). The van der Waals surface area contributed by atoms with Gasteiger partial charge in [0.2, 0.25) is 5.91 Å². The average molecular weight is 262 g/mol. The van der Waals surface area contributed by atoms with Crippen molar-refractivity contribution in [3.8, 4) is 5.75 Å². The lowest BCUT2D eigenvalue weighted by Crippen LogP contribution is -2.40. The third-order valence-corrected chi connectivity index (χ3v) is 4.08. The highest BCUT2D eigenvalue weighted by Crippen LogP contribution is 2.31. The second kappa shape index (κ2) is 6.06. The summed E-state index contributed by atoms with van der Waals surface area (Å²) in [4.78, 5) is 13.9. The van der Waals surface area contributed by atoms with Crippen LogP contribution in [0.25, 0.3) is 0 Å². The molecule has 1 saturated heterocycles. The van der Waals surface area contributed by atoms with Gasteiger partial charge in [-0.3, -0.25) is 9.69 Å². The van der Waals surface area contributed by atoms with E-state index in [2.05, 4.69) is 17.1 Å². The second-order valence-corrected chi connectivity index (χ2v) is 5.16. The van der Waals surface area contributed by atoms with Crippen molar-refractivity contribution in [1.82, 2.24) is 10.2 Å². The number of phenols is 1. The molecule has 19 heavy (non-hydrogen) atoms. The molecule has 1 heterocycles. The zero-order valence-electron chi connectivity index (χ0n) is 11.6. The molecule has 0 spiro atoms. The normalized spacial score (nSPS) is 19.1. The number of hydrogen-bond donors (Lipinski definition) is 2.